The van der Waals surface area contributed by atoms with Crippen LogP contribution >= 0.6 is 7.14 Å². The van der Waals surface area contributed by atoms with Crippen molar-refractivity contribution in [1.82, 2.24) is 0 Å². The summed E-state index contributed by atoms with van der Waals surface area (Å²) < 4.78 is 13.1. The fourth-order valence-electron chi connectivity index (χ4n) is 2.07. The minimum Gasteiger partial charge on any atom is -0.319 e. The van der Waals surface area contributed by atoms with Crippen LogP contribution in [0.4, 0.5) is 0 Å². The number of benzene rings is 1. The third-order valence-electron chi connectivity index (χ3n) is 3.34. The molecule has 0 atom stereocenters. The zero-order chi connectivity index (χ0) is 13.4. The Morgan fingerprint density at radius 2 is 1.56 bits per heavy atom. The fraction of sp³-hybridized carbons (Fsp3) is 0.500. The predicted octanol–water partition coefficient (Wildman–Crippen LogP) is 5.62. The van der Waals surface area contributed by atoms with Crippen molar-refractivity contribution in [2.45, 2.75) is 39.5 Å². The highest BCUT2D eigenvalue weighted by molar-refractivity contribution is 7.74. The Morgan fingerprint density at radius 1 is 1.06 bits per heavy atom. The monoisotopic (exact) mass is 264 g/mol. The maximum Gasteiger partial charge on any atom is 0.115 e. The molecule has 0 aromatic heterocycles. The first kappa shape index (κ1) is 15.2. The summed E-state index contributed by atoms with van der Waals surface area (Å²) in [5.74, 6) is 0. The molecule has 0 heterocycles. The third kappa shape index (κ3) is 4.14. The van der Waals surface area contributed by atoms with E-state index < -0.39 is 7.14 Å². The second kappa shape index (κ2) is 7.59. The molecule has 0 aliphatic carbocycles. The molecule has 1 aromatic rings. The first-order valence-electron chi connectivity index (χ1n) is 6.97. The summed E-state index contributed by atoms with van der Waals surface area (Å²) in [4.78, 5) is 0. The lowest BCUT2D eigenvalue weighted by Gasteiger charge is -2.20. The Balaban J connectivity index is 2.88. The molecule has 0 saturated heterocycles. The summed E-state index contributed by atoms with van der Waals surface area (Å²) in [5.41, 5.74) is 1.05. The lowest BCUT2D eigenvalue weighted by Crippen LogP contribution is -1.98. The van der Waals surface area contributed by atoms with E-state index in [-0.39, 0.29) is 0 Å². The van der Waals surface area contributed by atoms with Crippen LogP contribution in [0, 0.1) is 0 Å². The van der Waals surface area contributed by atoms with Crippen molar-refractivity contribution in [3.8, 4) is 0 Å². The van der Waals surface area contributed by atoms with Crippen molar-refractivity contribution in [2.24, 2.45) is 0 Å². The standard InChI is InChI=1S/C16H25OP/c1-4-6-13-18(17,14-7-5-2)15(3)16-11-9-8-10-12-16/h8-12H,3-7,13-14H2,1-2H3. The van der Waals surface area contributed by atoms with Crippen molar-refractivity contribution >= 4 is 12.5 Å². The molecule has 0 aliphatic rings. The highest BCUT2D eigenvalue weighted by atomic mass is 31.2. The second-order valence-electron chi connectivity index (χ2n) is 4.86. The van der Waals surface area contributed by atoms with Gasteiger partial charge in [0.2, 0.25) is 0 Å². The Bertz CT molecular complexity index is 396. The molecule has 18 heavy (non-hydrogen) atoms. The van der Waals surface area contributed by atoms with E-state index in [9.17, 15) is 4.57 Å². The van der Waals surface area contributed by atoms with Gasteiger partial charge in [-0.15, -0.1) is 0 Å². The van der Waals surface area contributed by atoms with Crippen molar-refractivity contribution in [3.05, 3.63) is 42.5 Å². The Hall–Kier alpha value is -0.810. The second-order valence-corrected chi connectivity index (χ2v) is 8.07. The van der Waals surface area contributed by atoms with Crippen molar-refractivity contribution in [3.63, 3.8) is 0 Å². The molecule has 0 aliphatic heterocycles. The fourth-order valence-corrected chi connectivity index (χ4v) is 5.11. The first-order chi connectivity index (χ1) is 8.64. The molecule has 0 unspecified atom stereocenters. The summed E-state index contributed by atoms with van der Waals surface area (Å²) in [7, 11) is -2.26. The average Bonchev–Trinajstić information content (AvgIpc) is 2.43. The van der Waals surface area contributed by atoms with Crippen LogP contribution in [0.25, 0.3) is 5.31 Å². The Labute approximate surface area is 112 Å². The molecule has 1 rings (SSSR count). The number of hydrogen-bond acceptors (Lipinski definition) is 1. The topological polar surface area (TPSA) is 17.1 Å². The van der Waals surface area contributed by atoms with Crippen LogP contribution in [0.3, 0.4) is 0 Å². The van der Waals surface area contributed by atoms with Gasteiger partial charge in [-0.05, 0) is 18.4 Å². The van der Waals surface area contributed by atoms with Crippen LogP contribution in [0.2, 0.25) is 0 Å². The van der Waals surface area contributed by atoms with E-state index in [1.165, 1.54) is 0 Å². The van der Waals surface area contributed by atoms with E-state index >= 15 is 0 Å². The molecular formula is C16H25OP. The molecule has 1 nitrogen and oxygen atoms in total. The van der Waals surface area contributed by atoms with Gasteiger partial charge in [0.15, 0.2) is 0 Å². The van der Waals surface area contributed by atoms with Crippen LogP contribution in [-0.4, -0.2) is 12.3 Å². The number of unbranched alkanes of at least 4 members (excludes halogenated alkanes) is 2. The maximum absolute atomic E-state index is 13.1. The summed E-state index contributed by atoms with van der Waals surface area (Å²) >= 11 is 0. The lowest BCUT2D eigenvalue weighted by molar-refractivity contribution is 0.577. The van der Waals surface area contributed by atoms with Gasteiger partial charge in [0, 0.05) is 17.6 Å². The smallest absolute Gasteiger partial charge is 0.115 e. The van der Waals surface area contributed by atoms with E-state index in [1.807, 2.05) is 30.3 Å². The molecule has 0 N–H and O–H groups in total. The van der Waals surface area contributed by atoms with E-state index in [1.54, 1.807) is 0 Å². The van der Waals surface area contributed by atoms with Gasteiger partial charge in [-0.25, -0.2) is 0 Å². The highest BCUT2D eigenvalue weighted by Gasteiger charge is 2.25. The molecule has 0 amide bonds. The van der Waals surface area contributed by atoms with Gasteiger partial charge in [0.25, 0.3) is 0 Å². The number of hydrogen-bond donors (Lipinski definition) is 0. The normalized spacial score (nSPS) is 11.4. The molecule has 2 heteroatoms. The third-order valence-corrected chi connectivity index (χ3v) is 6.66. The van der Waals surface area contributed by atoms with Crippen molar-refractivity contribution in [2.75, 3.05) is 12.3 Å². The average molecular weight is 264 g/mol. The van der Waals surface area contributed by atoms with Crippen LogP contribution < -0.4 is 0 Å². The number of rotatable bonds is 8. The van der Waals surface area contributed by atoms with E-state index in [2.05, 4.69) is 20.4 Å². The molecule has 1 aromatic carbocycles. The van der Waals surface area contributed by atoms with Crippen molar-refractivity contribution < 1.29 is 4.57 Å². The quantitative estimate of drug-likeness (QED) is 0.557. The predicted molar refractivity (Wildman–Crippen MR) is 82.6 cm³/mol. The van der Waals surface area contributed by atoms with E-state index in [4.69, 9.17) is 0 Å². The Kier molecular flexibility index (Phi) is 6.43. The lowest BCUT2D eigenvalue weighted by atomic mass is 10.2. The van der Waals surface area contributed by atoms with Gasteiger partial charge >= 0.3 is 0 Å². The van der Waals surface area contributed by atoms with Gasteiger partial charge in [-0.2, -0.15) is 0 Å². The molecule has 0 spiro atoms. The van der Waals surface area contributed by atoms with Gasteiger partial charge in [0.05, 0.1) is 0 Å². The van der Waals surface area contributed by atoms with Gasteiger partial charge in [0.1, 0.15) is 7.14 Å². The highest BCUT2D eigenvalue weighted by Crippen LogP contribution is 2.58. The maximum atomic E-state index is 13.1. The van der Waals surface area contributed by atoms with E-state index in [0.717, 1.165) is 48.9 Å². The molecule has 0 fully saturated rings. The molecule has 0 bridgehead atoms. The summed E-state index contributed by atoms with van der Waals surface area (Å²) in [6, 6.07) is 10.0. The first-order valence-corrected chi connectivity index (χ1v) is 9.04. The van der Waals surface area contributed by atoms with Gasteiger partial charge in [-0.3, -0.25) is 0 Å². The summed E-state index contributed by atoms with van der Waals surface area (Å²) in [6.45, 7) is 8.44. The zero-order valence-electron chi connectivity index (χ0n) is 11.7. The minimum atomic E-state index is -2.26. The van der Waals surface area contributed by atoms with Gasteiger partial charge < -0.3 is 4.57 Å². The molecule has 100 valence electrons. The molecule has 0 saturated carbocycles. The zero-order valence-corrected chi connectivity index (χ0v) is 12.6. The summed E-state index contributed by atoms with van der Waals surface area (Å²) in [6.07, 6.45) is 5.89. The van der Waals surface area contributed by atoms with Crippen LogP contribution in [0.1, 0.15) is 45.1 Å². The van der Waals surface area contributed by atoms with E-state index in [0.29, 0.717) is 0 Å². The molecule has 0 radical (unpaired) electrons. The van der Waals surface area contributed by atoms with Crippen LogP contribution in [0.15, 0.2) is 36.9 Å². The SMILES string of the molecule is C=C(c1ccccc1)P(=O)(CCCC)CCCC. The minimum absolute atomic E-state index is 0.817. The molecular weight excluding hydrogens is 239 g/mol. The van der Waals surface area contributed by atoms with Crippen LogP contribution in [-0.2, 0) is 4.57 Å². The van der Waals surface area contributed by atoms with Crippen molar-refractivity contribution in [1.29, 1.82) is 0 Å². The Morgan fingerprint density at radius 3 is 2.00 bits per heavy atom. The largest absolute Gasteiger partial charge is 0.319 e. The van der Waals surface area contributed by atoms with Crippen LogP contribution in [0.5, 0.6) is 0 Å². The summed E-state index contributed by atoms with van der Waals surface area (Å²) in [5, 5.41) is 0.880. The van der Waals surface area contributed by atoms with Gasteiger partial charge in [-0.1, -0.05) is 63.6 Å².